The van der Waals surface area contributed by atoms with Crippen LogP contribution in [0.3, 0.4) is 0 Å². The molecule has 156 valence electrons. The molecule has 10 heteroatoms. The smallest absolute Gasteiger partial charge is 0.324 e. The number of aromatic nitrogens is 2. The van der Waals surface area contributed by atoms with E-state index in [1.807, 2.05) is 36.1 Å². The molecule has 2 aromatic heterocycles. The molecule has 1 aliphatic rings. The van der Waals surface area contributed by atoms with Gasteiger partial charge in [0, 0.05) is 25.8 Å². The number of carbonyl (C=O) groups is 1. The Kier molecular flexibility index (Phi) is 8.45. The van der Waals surface area contributed by atoms with Gasteiger partial charge in [0.25, 0.3) is 0 Å². The lowest BCUT2D eigenvalue weighted by atomic mass is 10.2. The van der Waals surface area contributed by atoms with E-state index < -0.39 is 0 Å². The summed E-state index contributed by atoms with van der Waals surface area (Å²) in [4.78, 5) is 23.2. The summed E-state index contributed by atoms with van der Waals surface area (Å²) >= 11 is 1.49. The van der Waals surface area contributed by atoms with Crippen molar-refractivity contribution >= 4 is 57.5 Å². The fraction of sp³-hybridized carbons (Fsp3) is 0.316. The second kappa shape index (κ2) is 10.6. The average Bonchev–Trinajstić information content (AvgIpc) is 3.08. The number of amides is 2. The second-order valence-corrected chi connectivity index (χ2v) is 7.50. The van der Waals surface area contributed by atoms with Gasteiger partial charge in [-0.2, -0.15) is 0 Å². The predicted octanol–water partition coefficient (Wildman–Crippen LogP) is 3.73. The van der Waals surface area contributed by atoms with Crippen LogP contribution in [0, 0.1) is 6.92 Å². The maximum Gasteiger partial charge on any atom is 0.324 e. The summed E-state index contributed by atoms with van der Waals surface area (Å²) in [6.45, 7) is 4.52. The third kappa shape index (κ3) is 5.70. The number of nitrogens with one attached hydrogen (secondary N) is 2. The number of benzene rings is 1. The molecule has 1 aromatic carbocycles. The van der Waals surface area contributed by atoms with Crippen molar-refractivity contribution in [1.29, 1.82) is 0 Å². The third-order valence-corrected chi connectivity index (χ3v) is 5.38. The summed E-state index contributed by atoms with van der Waals surface area (Å²) in [6, 6.07) is 9.56. The molecule has 1 atom stereocenters. The minimum atomic E-state index is -0.146. The van der Waals surface area contributed by atoms with E-state index in [2.05, 4.69) is 26.7 Å². The Morgan fingerprint density at radius 2 is 2.24 bits per heavy atom. The van der Waals surface area contributed by atoms with Crippen LogP contribution in [0.4, 0.5) is 9.93 Å². The largest absolute Gasteiger partial charge is 0.490 e. The number of hydrogen-bond acceptors (Lipinski definition) is 6. The number of anilines is 1. The van der Waals surface area contributed by atoms with E-state index in [-0.39, 0.29) is 36.9 Å². The van der Waals surface area contributed by atoms with Gasteiger partial charge in [0.1, 0.15) is 12.4 Å². The molecule has 0 aliphatic carbocycles. The molecule has 2 N–H and O–H groups in total. The maximum atomic E-state index is 12.8. The Hall–Kier alpha value is -2.13. The second-order valence-electron chi connectivity index (χ2n) is 6.47. The third-order valence-electron chi connectivity index (χ3n) is 4.45. The van der Waals surface area contributed by atoms with Crippen molar-refractivity contribution < 1.29 is 9.53 Å². The molecule has 0 radical (unpaired) electrons. The van der Waals surface area contributed by atoms with Crippen LogP contribution in [0.15, 0.2) is 42.7 Å². The number of rotatable bonds is 4. The van der Waals surface area contributed by atoms with Crippen molar-refractivity contribution in [2.45, 2.75) is 13.0 Å². The highest BCUT2D eigenvalue weighted by Gasteiger charge is 2.27. The molecule has 29 heavy (non-hydrogen) atoms. The Labute approximate surface area is 185 Å². The van der Waals surface area contributed by atoms with Crippen LogP contribution in [-0.2, 0) is 0 Å². The minimum Gasteiger partial charge on any atom is -0.490 e. The normalized spacial score (nSPS) is 15.9. The van der Waals surface area contributed by atoms with Gasteiger partial charge in [0.05, 0.1) is 22.5 Å². The zero-order valence-electron chi connectivity index (χ0n) is 15.8. The number of urea groups is 1. The molecule has 7 nitrogen and oxygen atoms in total. The van der Waals surface area contributed by atoms with E-state index in [0.29, 0.717) is 30.6 Å². The van der Waals surface area contributed by atoms with Crippen molar-refractivity contribution in [2.24, 2.45) is 0 Å². The first kappa shape index (κ1) is 23.2. The lowest BCUT2D eigenvalue weighted by Gasteiger charge is -2.35. The van der Waals surface area contributed by atoms with Crippen LogP contribution in [0.1, 0.15) is 5.56 Å². The Bertz CT molecular complexity index is 941. The highest BCUT2D eigenvalue weighted by molar-refractivity contribution is 7.22. The first-order valence-corrected chi connectivity index (χ1v) is 9.69. The number of fused-ring (bicyclic) bond motifs is 1. The molecule has 2 amide bonds. The van der Waals surface area contributed by atoms with Gasteiger partial charge in [-0.05, 0) is 36.8 Å². The average molecular weight is 456 g/mol. The lowest BCUT2D eigenvalue weighted by Crippen LogP contribution is -2.57. The highest BCUT2D eigenvalue weighted by atomic mass is 35.5. The van der Waals surface area contributed by atoms with Crippen molar-refractivity contribution in [3.05, 3.63) is 48.3 Å². The van der Waals surface area contributed by atoms with Crippen LogP contribution in [0.2, 0.25) is 0 Å². The van der Waals surface area contributed by atoms with Gasteiger partial charge in [0.15, 0.2) is 5.13 Å². The van der Waals surface area contributed by atoms with Crippen LogP contribution >= 0.6 is 36.2 Å². The van der Waals surface area contributed by atoms with Crippen LogP contribution in [0.25, 0.3) is 10.2 Å². The van der Waals surface area contributed by atoms with Crippen LogP contribution < -0.4 is 15.4 Å². The number of thiazole rings is 1. The van der Waals surface area contributed by atoms with Gasteiger partial charge in [-0.1, -0.05) is 17.4 Å². The predicted molar refractivity (Wildman–Crippen MR) is 121 cm³/mol. The van der Waals surface area contributed by atoms with E-state index >= 15 is 0 Å². The summed E-state index contributed by atoms with van der Waals surface area (Å²) in [5.41, 5.74) is 2.08. The molecule has 0 bridgehead atoms. The van der Waals surface area contributed by atoms with Gasteiger partial charge in [-0.25, -0.2) is 9.78 Å². The molecule has 4 rings (SSSR count). The number of aryl methyl sites for hydroxylation is 1. The van der Waals surface area contributed by atoms with Crippen molar-refractivity contribution in [3.8, 4) is 5.75 Å². The Morgan fingerprint density at radius 3 is 3.03 bits per heavy atom. The topological polar surface area (TPSA) is 79.4 Å². The molecule has 0 spiro atoms. The van der Waals surface area contributed by atoms with E-state index in [4.69, 9.17) is 4.74 Å². The Balaban J connectivity index is 0.00000150. The van der Waals surface area contributed by atoms with Crippen molar-refractivity contribution in [2.75, 3.05) is 31.6 Å². The quantitative estimate of drug-likeness (QED) is 0.626. The number of pyridine rings is 1. The van der Waals surface area contributed by atoms with E-state index in [0.717, 1.165) is 16.8 Å². The van der Waals surface area contributed by atoms with E-state index in [9.17, 15) is 4.79 Å². The molecule has 1 aliphatic heterocycles. The number of halogens is 2. The summed E-state index contributed by atoms with van der Waals surface area (Å²) in [7, 11) is 0. The zero-order valence-corrected chi connectivity index (χ0v) is 18.3. The fourth-order valence-electron chi connectivity index (χ4n) is 3.05. The summed E-state index contributed by atoms with van der Waals surface area (Å²) in [6.07, 6.45) is 3.37. The molecular weight excluding hydrogens is 433 g/mol. The van der Waals surface area contributed by atoms with Gasteiger partial charge in [0.2, 0.25) is 0 Å². The maximum absolute atomic E-state index is 12.8. The molecule has 1 saturated heterocycles. The summed E-state index contributed by atoms with van der Waals surface area (Å²) in [5, 5.41) is 6.88. The first-order valence-electron chi connectivity index (χ1n) is 8.87. The van der Waals surface area contributed by atoms with Gasteiger partial charge < -0.3 is 15.0 Å². The van der Waals surface area contributed by atoms with Crippen LogP contribution in [0.5, 0.6) is 5.75 Å². The molecule has 0 saturated carbocycles. The number of hydrogen-bond donors (Lipinski definition) is 2. The lowest BCUT2D eigenvalue weighted by molar-refractivity contribution is 0.133. The molecule has 3 heterocycles. The SMILES string of the molecule is Cc1ccc2nc(NC(=O)N3CCNCC3COc3cccnc3)sc2c1.Cl.Cl. The highest BCUT2D eigenvalue weighted by Crippen LogP contribution is 2.27. The molecular formula is C19H23Cl2N5O2S. The minimum absolute atomic E-state index is 0. The van der Waals surface area contributed by atoms with Crippen molar-refractivity contribution in [1.82, 2.24) is 20.2 Å². The monoisotopic (exact) mass is 455 g/mol. The summed E-state index contributed by atoms with van der Waals surface area (Å²) in [5.74, 6) is 0.699. The molecule has 1 unspecified atom stereocenters. The van der Waals surface area contributed by atoms with Crippen molar-refractivity contribution in [3.63, 3.8) is 0 Å². The number of carbonyl (C=O) groups excluding carboxylic acids is 1. The summed E-state index contributed by atoms with van der Waals surface area (Å²) < 4.78 is 6.87. The standard InChI is InChI=1S/C19H21N5O2S.2ClH/c1-13-4-5-16-17(9-13)27-18(22-16)23-19(25)24-8-7-21-10-14(24)12-26-15-3-2-6-20-11-15;;/h2-6,9,11,14,21H,7-8,10,12H2,1H3,(H,22,23,25);2*1H. The van der Waals surface area contributed by atoms with E-state index in [1.165, 1.54) is 16.9 Å². The number of piperazine rings is 1. The number of ether oxygens (including phenoxy) is 1. The Morgan fingerprint density at radius 1 is 1.38 bits per heavy atom. The van der Waals surface area contributed by atoms with Crippen LogP contribution in [-0.4, -0.2) is 53.2 Å². The van der Waals surface area contributed by atoms with Gasteiger partial charge in [-0.15, -0.1) is 24.8 Å². The first-order chi connectivity index (χ1) is 13.2. The molecule has 1 fully saturated rings. The van der Waals surface area contributed by atoms with Gasteiger partial charge >= 0.3 is 6.03 Å². The zero-order chi connectivity index (χ0) is 18.6. The van der Waals surface area contributed by atoms with Gasteiger partial charge in [-0.3, -0.25) is 10.3 Å². The number of nitrogens with zero attached hydrogens (tertiary/aromatic N) is 3. The molecule has 3 aromatic rings. The van der Waals surface area contributed by atoms with E-state index in [1.54, 1.807) is 12.4 Å². The fourth-order valence-corrected chi connectivity index (χ4v) is 4.00.